The molecule has 2 atom stereocenters. The Morgan fingerprint density at radius 2 is 2.21 bits per heavy atom. The lowest BCUT2D eigenvalue weighted by Gasteiger charge is -2.40. The van der Waals surface area contributed by atoms with Gasteiger partial charge in [-0.25, -0.2) is 0 Å². The Hall–Kier alpha value is -0.790. The number of hydrogen-bond donors (Lipinski definition) is 0. The van der Waals surface area contributed by atoms with Crippen LogP contribution < -0.4 is 0 Å². The van der Waals surface area contributed by atoms with Crippen LogP contribution >= 0.6 is 0 Å². The quantitative estimate of drug-likeness (QED) is 0.620. The van der Waals surface area contributed by atoms with Crippen molar-refractivity contribution >= 4 is 5.91 Å². The first-order chi connectivity index (χ1) is 6.57. The molecule has 0 radical (unpaired) electrons. The molecule has 0 aromatic heterocycles. The van der Waals surface area contributed by atoms with Gasteiger partial charge in [0.05, 0.1) is 0 Å². The number of nitrogens with zero attached hydrogens (tertiary/aromatic N) is 1. The van der Waals surface area contributed by atoms with E-state index in [-0.39, 0.29) is 5.91 Å². The van der Waals surface area contributed by atoms with E-state index >= 15 is 0 Å². The summed E-state index contributed by atoms with van der Waals surface area (Å²) in [6.45, 7) is 11.1. The van der Waals surface area contributed by atoms with Crippen molar-refractivity contribution in [3.05, 3.63) is 12.7 Å². The van der Waals surface area contributed by atoms with Crippen molar-refractivity contribution in [1.82, 2.24) is 4.90 Å². The fourth-order valence-corrected chi connectivity index (χ4v) is 2.49. The molecule has 0 saturated carbocycles. The minimum absolute atomic E-state index is 0.0860. The maximum Gasteiger partial charge on any atom is 0.246 e. The number of carbonyl (C=O) groups is 1. The van der Waals surface area contributed by atoms with E-state index in [1.165, 1.54) is 12.5 Å². The van der Waals surface area contributed by atoms with E-state index in [1.807, 2.05) is 4.90 Å². The molecule has 14 heavy (non-hydrogen) atoms. The molecule has 2 unspecified atom stereocenters. The molecule has 1 amide bonds. The molecule has 1 fully saturated rings. The summed E-state index contributed by atoms with van der Waals surface area (Å²) >= 11 is 0. The molecule has 0 aliphatic carbocycles. The third kappa shape index (κ3) is 2.17. The molecule has 0 aromatic rings. The second-order valence-electron chi connectivity index (χ2n) is 4.53. The second kappa shape index (κ2) is 4.63. The Kier molecular flexibility index (Phi) is 3.73. The monoisotopic (exact) mass is 195 g/mol. The fourth-order valence-electron chi connectivity index (χ4n) is 2.49. The zero-order valence-corrected chi connectivity index (χ0v) is 9.49. The van der Waals surface area contributed by atoms with E-state index in [9.17, 15) is 4.79 Å². The summed E-state index contributed by atoms with van der Waals surface area (Å²) in [4.78, 5) is 13.5. The van der Waals surface area contributed by atoms with Crippen molar-refractivity contribution < 1.29 is 4.79 Å². The Morgan fingerprint density at radius 1 is 1.57 bits per heavy atom. The van der Waals surface area contributed by atoms with Gasteiger partial charge in [0.1, 0.15) is 0 Å². The van der Waals surface area contributed by atoms with E-state index in [1.54, 1.807) is 0 Å². The van der Waals surface area contributed by atoms with Crippen LogP contribution in [0.25, 0.3) is 0 Å². The molecule has 80 valence electrons. The lowest BCUT2D eigenvalue weighted by atomic mass is 9.82. The van der Waals surface area contributed by atoms with Crippen LogP contribution in [0, 0.1) is 11.8 Å². The summed E-state index contributed by atoms with van der Waals surface area (Å²) in [5.74, 6) is 1.39. The Bertz CT molecular complexity index is 222. The van der Waals surface area contributed by atoms with Crippen LogP contribution in [0.2, 0.25) is 0 Å². The lowest BCUT2D eigenvalue weighted by Crippen LogP contribution is -2.47. The molecule has 0 aromatic carbocycles. The van der Waals surface area contributed by atoms with Gasteiger partial charge in [0.2, 0.25) is 5.91 Å². The number of likely N-dealkylation sites (tertiary alicyclic amines) is 1. The number of carbonyl (C=O) groups excluding carboxylic acids is 1. The maximum absolute atomic E-state index is 11.6. The Balaban J connectivity index is 2.70. The van der Waals surface area contributed by atoms with E-state index < -0.39 is 0 Å². The van der Waals surface area contributed by atoms with Crippen molar-refractivity contribution in [1.29, 1.82) is 0 Å². The molecule has 1 rings (SSSR count). The predicted octanol–water partition coefficient (Wildman–Crippen LogP) is 2.46. The van der Waals surface area contributed by atoms with E-state index in [0.29, 0.717) is 17.9 Å². The molecule has 0 spiro atoms. The third-order valence-corrected chi connectivity index (χ3v) is 3.36. The van der Waals surface area contributed by atoms with Crippen molar-refractivity contribution in [2.24, 2.45) is 11.8 Å². The predicted molar refractivity (Wildman–Crippen MR) is 58.9 cm³/mol. The number of hydrogen-bond acceptors (Lipinski definition) is 1. The van der Waals surface area contributed by atoms with Gasteiger partial charge in [0.25, 0.3) is 0 Å². The van der Waals surface area contributed by atoms with Gasteiger partial charge in [0, 0.05) is 12.6 Å². The van der Waals surface area contributed by atoms with Crippen LogP contribution in [0.3, 0.4) is 0 Å². The first-order valence-electron chi connectivity index (χ1n) is 5.51. The van der Waals surface area contributed by atoms with Crippen LogP contribution in [-0.4, -0.2) is 23.4 Å². The van der Waals surface area contributed by atoms with Gasteiger partial charge in [-0.1, -0.05) is 20.4 Å². The van der Waals surface area contributed by atoms with Crippen molar-refractivity contribution in [3.8, 4) is 0 Å². The van der Waals surface area contributed by atoms with E-state index in [0.717, 1.165) is 13.0 Å². The fraction of sp³-hybridized carbons (Fsp3) is 0.750. The summed E-state index contributed by atoms with van der Waals surface area (Å²) in [5, 5.41) is 0. The van der Waals surface area contributed by atoms with Crippen LogP contribution in [-0.2, 0) is 4.79 Å². The molecule has 1 aliphatic heterocycles. The van der Waals surface area contributed by atoms with Gasteiger partial charge in [-0.05, 0) is 37.7 Å². The molecule has 1 aliphatic rings. The van der Waals surface area contributed by atoms with Crippen LogP contribution in [0.15, 0.2) is 12.7 Å². The molecule has 1 heterocycles. The van der Waals surface area contributed by atoms with Gasteiger partial charge >= 0.3 is 0 Å². The average Bonchev–Trinajstić information content (AvgIpc) is 2.16. The zero-order valence-electron chi connectivity index (χ0n) is 9.49. The van der Waals surface area contributed by atoms with Crippen molar-refractivity contribution in [3.63, 3.8) is 0 Å². The van der Waals surface area contributed by atoms with Crippen molar-refractivity contribution in [2.45, 2.75) is 39.7 Å². The summed E-state index contributed by atoms with van der Waals surface area (Å²) < 4.78 is 0. The minimum Gasteiger partial charge on any atom is -0.336 e. The Labute approximate surface area is 87.0 Å². The molecular weight excluding hydrogens is 174 g/mol. The SMILES string of the molecule is C=CC(=O)N1CCCC(C(C)C)C1C. The summed E-state index contributed by atoms with van der Waals surface area (Å²) in [7, 11) is 0. The summed E-state index contributed by atoms with van der Waals surface area (Å²) in [6.07, 6.45) is 3.81. The summed E-state index contributed by atoms with van der Waals surface area (Å²) in [6, 6.07) is 0.370. The van der Waals surface area contributed by atoms with Gasteiger partial charge in [-0.3, -0.25) is 4.79 Å². The van der Waals surface area contributed by atoms with E-state index in [4.69, 9.17) is 0 Å². The Morgan fingerprint density at radius 3 is 2.71 bits per heavy atom. The van der Waals surface area contributed by atoms with Gasteiger partial charge in [-0.2, -0.15) is 0 Å². The number of amides is 1. The molecule has 1 saturated heterocycles. The number of piperidine rings is 1. The minimum atomic E-state index is 0.0860. The normalized spacial score (nSPS) is 27.9. The van der Waals surface area contributed by atoms with E-state index in [2.05, 4.69) is 27.4 Å². The van der Waals surface area contributed by atoms with Gasteiger partial charge in [-0.15, -0.1) is 0 Å². The highest BCUT2D eigenvalue weighted by molar-refractivity contribution is 5.87. The first-order valence-corrected chi connectivity index (χ1v) is 5.51. The van der Waals surface area contributed by atoms with Crippen molar-refractivity contribution in [2.75, 3.05) is 6.54 Å². The number of rotatable bonds is 2. The standard InChI is InChI=1S/C12H21NO/c1-5-12(14)13-8-6-7-11(9(2)3)10(13)4/h5,9-11H,1,6-8H2,2-4H3. The molecule has 2 nitrogen and oxygen atoms in total. The third-order valence-electron chi connectivity index (χ3n) is 3.36. The maximum atomic E-state index is 11.6. The van der Waals surface area contributed by atoms with Gasteiger partial charge in [0.15, 0.2) is 0 Å². The molecule has 0 N–H and O–H groups in total. The van der Waals surface area contributed by atoms with Gasteiger partial charge < -0.3 is 4.90 Å². The smallest absolute Gasteiger partial charge is 0.246 e. The zero-order chi connectivity index (χ0) is 10.7. The molecule has 2 heteroatoms. The second-order valence-corrected chi connectivity index (χ2v) is 4.53. The summed E-state index contributed by atoms with van der Waals surface area (Å²) in [5.41, 5.74) is 0. The van der Waals surface area contributed by atoms with Crippen LogP contribution in [0.4, 0.5) is 0 Å². The first kappa shape index (κ1) is 11.3. The lowest BCUT2D eigenvalue weighted by molar-refractivity contribution is -0.131. The molecular formula is C12H21NO. The highest BCUT2D eigenvalue weighted by Crippen LogP contribution is 2.29. The van der Waals surface area contributed by atoms with Crippen LogP contribution in [0.1, 0.15) is 33.6 Å². The average molecular weight is 195 g/mol. The largest absolute Gasteiger partial charge is 0.336 e. The topological polar surface area (TPSA) is 20.3 Å². The van der Waals surface area contributed by atoms with Crippen LogP contribution in [0.5, 0.6) is 0 Å². The molecule has 0 bridgehead atoms. The highest BCUT2D eigenvalue weighted by atomic mass is 16.2. The highest BCUT2D eigenvalue weighted by Gasteiger charge is 2.31.